The number of benzene rings is 1. The van der Waals surface area contributed by atoms with Gasteiger partial charge in [0.1, 0.15) is 17.1 Å². The van der Waals surface area contributed by atoms with Crippen molar-refractivity contribution in [2.24, 2.45) is 0 Å². The largest absolute Gasteiger partial charge is 0.497 e. The van der Waals surface area contributed by atoms with Crippen molar-refractivity contribution in [3.8, 4) is 11.5 Å². The van der Waals surface area contributed by atoms with Gasteiger partial charge in [0.15, 0.2) is 0 Å². The monoisotopic (exact) mass is 248 g/mol. The Bertz CT molecular complexity index is 515. The molecule has 2 aromatic rings. The third kappa shape index (κ3) is 2.07. The standard InChI is InChI=1S/C14H16O4/c1-14(15,10-6-7-18-9-10)12-5-4-11(16-2)8-13(12)17-3/h4-9,15H,1-3H3. The van der Waals surface area contributed by atoms with Crippen LogP contribution < -0.4 is 9.47 Å². The summed E-state index contributed by atoms with van der Waals surface area (Å²) >= 11 is 0. The molecule has 0 saturated heterocycles. The average Bonchev–Trinajstić information content (AvgIpc) is 2.92. The summed E-state index contributed by atoms with van der Waals surface area (Å²) in [5.41, 5.74) is 0.156. The Kier molecular flexibility index (Phi) is 3.30. The summed E-state index contributed by atoms with van der Waals surface area (Å²) in [5.74, 6) is 1.25. The molecule has 1 atom stereocenters. The number of methoxy groups -OCH3 is 2. The average molecular weight is 248 g/mol. The van der Waals surface area contributed by atoms with Crippen LogP contribution in [0.4, 0.5) is 0 Å². The third-order valence-corrected chi connectivity index (χ3v) is 3.02. The summed E-state index contributed by atoms with van der Waals surface area (Å²) in [6.07, 6.45) is 3.05. The Morgan fingerprint density at radius 3 is 2.50 bits per heavy atom. The maximum Gasteiger partial charge on any atom is 0.128 e. The molecule has 0 aliphatic carbocycles. The molecule has 2 rings (SSSR count). The van der Waals surface area contributed by atoms with Crippen molar-refractivity contribution < 1.29 is 19.0 Å². The molecule has 18 heavy (non-hydrogen) atoms. The number of hydrogen-bond donors (Lipinski definition) is 1. The molecular formula is C14H16O4. The third-order valence-electron chi connectivity index (χ3n) is 3.02. The minimum absolute atomic E-state index is 0.570. The molecule has 0 saturated carbocycles. The molecular weight excluding hydrogens is 232 g/mol. The van der Waals surface area contributed by atoms with Crippen molar-refractivity contribution in [2.45, 2.75) is 12.5 Å². The maximum absolute atomic E-state index is 10.6. The summed E-state index contributed by atoms with van der Waals surface area (Å²) in [5, 5.41) is 10.6. The Balaban J connectivity index is 2.50. The summed E-state index contributed by atoms with van der Waals surface area (Å²) in [6.45, 7) is 1.70. The van der Waals surface area contributed by atoms with Crippen LogP contribution in [0.5, 0.6) is 11.5 Å². The van der Waals surface area contributed by atoms with Gasteiger partial charge in [0.05, 0.1) is 26.7 Å². The minimum atomic E-state index is -1.18. The zero-order chi connectivity index (χ0) is 13.2. The second kappa shape index (κ2) is 4.74. The molecule has 4 nitrogen and oxygen atoms in total. The first-order valence-corrected chi connectivity index (χ1v) is 5.57. The van der Waals surface area contributed by atoms with Crippen LogP contribution in [0.15, 0.2) is 41.2 Å². The molecule has 0 spiro atoms. The van der Waals surface area contributed by atoms with Crippen LogP contribution in [0.25, 0.3) is 0 Å². The van der Waals surface area contributed by atoms with Crippen molar-refractivity contribution in [1.29, 1.82) is 0 Å². The lowest BCUT2D eigenvalue weighted by molar-refractivity contribution is 0.0981. The van der Waals surface area contributed by atoms with Crippen LogP contribution in [-0.4, -0.2) is 19.3 Å². The fourth-order valence-electron chi connectivity index (χ4n) is 1.90. The highest BCUT2D eigenvalue weighted by Crippen LogP contribution is 2.37. The van der Waals surface area contributed by atoms with E-state index in [0.29, 0.717) is 22.6 Å². The topological polar surface area (TPSA) is 51.8 Å². The van der Waals surface area contributed by atoms with Gasteiger partial charge >= 0.3 is 0 Å². The van der Waals surface area contributed by atoms with E-state index >= 15 is 0 Å². The fraction of sp³-hybridized carbons (Fsp3) is 0.286. The lowest BCUT2D eigenvalue weighted by Gasteiger charge is -2.24. The van der Waals surface area contributed by atoms with Crippen molar-refractivity contribution in [2.75, 3.05) is 14.2 Å². The molecule has 1 aromatic carbocycles. The summed E-state index contributed by atoms with van der Waals surface area (Å²) in [6, 6.07) is 7.03. The maximum atomic E-state index is 10.6. The van der Waals surface area contributed by atoms with Crippen LogP contribution in [-0.2, 0) is 5.60 Å². The Morgan fingerprint density at radius 2 is 1.94 bits per heavy atom. The van der Waals surface area contributed by atoms with Gasteiger partial charge in [-0.1, -0.05) is 0 Å². The predicted octanol–water partition coefficient (Wildman–Crippen LogP) is 2.55. The van der Waals surface area contributed by atoms with Crippen LogP contribution in [0, 0.1) is 0 Å². The van der Waals surface area contributed by atoms with Crippen LogP contribution in [0.3, 0.4) is 0 Å². The number of hydrogen-bond acceptors (Lipinski definition) is 4. The number of furan rings is 1. The van der Waals surface area contributed by atoms with E-state index in [2.05, 4.69) is 0 Å². The Morgan fingerprint density at radius 1 is 1.17 bits per heavy atom. The molecule has 0 fully saturated rings. The first-order chi connectivity index (χ1) is 8.59. The molecule has 0 aliphatic heterocycles. The van der Waals surface area contributed by atoms with Gasteiger partial charge in [-0.25, -0.2) is 0 Å². The smallest absolute Gasteiger partial charge is 0.128 e. The number of aliphatic hydroxyl groups is 1. The van der Waals surface area contributed by atoms with E-state index in [4.69, 9.17) is 13.9 Å². The lowest BCUT2D eigenvalue weighted by Crippen LogP contribution is -2.22. The molecule has 0 bridgehead atoms. The van der Waals surface area contributed by atoms with Gasteiger partial charge in [-0.05, 0) is 25.1 Å². The van der Waals surface area contributed by atoms with Gasteiger partial charge in [0.2, 0.25) is 0 Å². The van der Waals surface area contributed by atoms with Gasteiger partial charge in [0, 0.05) is 17.2 Å². The summed E-state index contributed by atoms with van der Waals surface area (Å²) in [4.78, 5) is 0. The molecule has 1 N–H and O–H groups in total. The predicted molar refractivity (Wildman–Crippen MR) is 66.9 cm³/mol. The van der Waals surface area contributed by atoms with Crippen LogP contribution in [0.1, 0.15) is 18.1 Å². The molecule has 1 heterocycles. The van der Waals surface area contributed by atoms with Gasteiger partial charge < -0.3 is 19.0 Å². The summed E-state index contributed by atoms with van der Waals surface area (Å²) in [7, 11) is 3.15. The van der Waals surface area contributed by atoms with E-state index in [0.717, 1.165) is 0 Å². The van der Waals surface area contributed by atoms with E-state index in [1.807, 2.05) is 0 Å². The van der Waals surface area contributed by atoms with E-state index < -0.39 is 5.60 Å². The number of rotatable bonds is 4. The van der Waals surface area contributed by atoms with E-state index in [1.165, 1.54) is 12.5 Å². The highest BCUT2D eigenvalue weighted by molar-refractivity contribution is 5.47. The molecule has 4 heteroatoms. The fourth-order valence-corrected chi connectivity index (χ4v) is 1.90. The molecule has 0 aliphatic rings. The zero-order valence-corrected chi connectivity index (χ0v) is 10.6. The van der Waals surface area contributed by atoms with E-state index in [-0.39, 0.29) is 0 Å². The Hall–Kier alpha value is -1.94. The Labute approximate surface area is 106 Å². The second-order valence-electron chi connectivity index (χ2n) is 4.15. The van der Waals surface area contributed by atoms with E-state index in [1.54, 1.807) is 45.4 Å². The van der Waals surface area contributed by atoms with Crippen LogP contribution in [0.2, 0.25) is 0 Å². The first kappa shape index (κ1) is 12.5. The van der Waals surface area contributed by atoms with Crippen LogP contribution >= 0.6 is 0 Å². The highest BCUT2D eigenvalue weighted by atomic mass is 16.5. The number of ether oxygens (including phenoxy) is 2. The first-order valence-electron chi connectivity index (χ1n) is 5.57. The molecule has 1 aromatic heterocycles. The molecule has 1 unspecified atom stereocenters. The lowest BCUT2D eigenvalue weighted by atomic mass is 9.89. The van der Waals surface area contributed by atoms with Crippen molar-refractivity contribution in [3.05, 3.63) is 47.9 Å². The zero-order valence-electron chi connectivity index (χ0n) is 10.6. The normalized spacial score (nSPS) is 14.0. The molecule has 0 amide bonds. The van der Waals surface area contributed by atoms with Gasteiger partial charge in [-0.3, -0.25) is 0 Å². The van der Waals surface area contributed by atoms with Gasteiger partial charge in [-0.2, -0.15) is 0 Å². The van der Waals surface area contributed by atoms with Crippen molar-refractivity contribution in [1.82, 2.24) is 0 Å². The molecule has 96 valence electrons. The van der Waals surface area contributed by atoms with E-state index in [9.17, 15) is 5.11 Å². The minimum Gasteiger partial charge on any atom is -0.497 e. The van der Waals surface area contributed by atoms with Crippen molar-refractivity contribution in [3.63, 3.8) is 0 Å². The van der Waals surface area contributed by atoms with Gasteiger partial charge in [0.25, 0.3) is 0 Å². The molecule has 0 radical (unpaired) electrons. The van der Waals surface area contributed by atoms with Crippen molar-refractivity contribution >= 4 is 0 Å². The summed E-state index contributed by atoms with van der Waals surface area (Å²) < 4.78 is 15.5. The van der Waals surface area contributed by atoms with Gasteiger partial charge in [-0.15, -0.1) is 0 Å². The quantitative estimate of drug-likeness (QED) is 0.903. The highest BCUT2D eigenvalue weighted by Gasteiger charge is 2.30. The SMILES string of the molecule is COc1ccc(C(C)(O)c2ccoc2)c(OC)c1. The second-order valence-corrected chi connectivity index (χ2v) is 4.15.